The first-order chi connectivity index (χ1) is 19.0. The lowest BCUT2D eigenvalue weighted by Crippen LogP contribution is -2.41. The maximum absolute atomic E-state index is 12.6. The average Bonchev–Trinajstić information content (AvgIpc) is 3.08. The van der Waals surface area contributed by atoms with Crippen LogP contribution in [0.1, 0.15) is 37.3 Å². The molecule has 5 N–H and O–H groups in total. The molecule has 220 valence electrons. The maximum atomic E-state index is 12.6. The molecule has 0 aromatic heterocycles. The Bertz CT molecular complexity index is 880. The summed E-state index contributed by atoms with van der Waals surface area (Å²) in [4.78, 5) is 27.9. The Morgan fingerprint density at radius 3 is 2.49 bits per heavy atom. The Labute approximate surface area is 231 Å². The number of fused-ring (bicyclic) bond motifs is 1. The molecule has 0 saturated carbocycles. The zero-order chi connectivity index (χ0) is 28.1. The molecule has 0 bridgehead atoms. The number of aliphatic imine (C=N–C) groups is 1. The molecule has 2 heterocycles. The first-order valence-electron chi connectivity index (χ1n) is 13.7. The molecule has 1 aromatic carbocycles. The monoisotopic (exact) mass is 551 g/mol. The number of carboxylic acid groups (broad SMARTS) is 1. The highest BCUT2D eigenvalue weighted by molar-refractivity contribution is 5.80. The highest BCUT2D eigenvalue weighted by Gasteiger charge is 2.20. The number of carboxylic acids is 1. The number of nitrogens with one attached hydrogen (secondary N) is 2. The van der Waals surface area contributed by atoms with Crippen LogP contribution < -0.4 is 21.1 Å². The smallest absolute Gasteiger partial charge is 0.300 e. The number of carbonyl (C=O) groups excluding carboxylic acids is 1. The number of guanidine groups is 1. The SMILES string of the molecule is CC(=O)O.NCCOCCOCCOCCN1Cc2cc(OCCCNC3=NCCCN3)ccc2CCC1=O. The first kappa shape index (κ1) is 32.3. The van der Waals surface area contributed by atoms with Gasteiger partial charge in [-0.05, 0) is 42.5 Å². The Balaban J connectivity index is 0.00000124. The number of hydrogen-bond acceptors (Lipinski definition) is 10. The van der Waals surface area contributed by atoms with E-state index in [9.17, 15) is 4.79 Å². The number of amides is 1. The van der Waals surface area contributed by atoms with Gasteiger partial charge in [0.05, 0.1) is 46.2 Å². The van der Waals surface area contributed by atoms with Crippen LogP contribution in [0.25, 0.3) is 0 Å². The summed E-state index contributed by atoms with van der Waals surface area (Å²) in [6.45, 7) is 9.12. The van der Waals surface area contributed by atoms with Crippen LogP contribution in [0.2, 0.25) is 0 Å². The zero-order valence-corrected chi connectivity index (χ0v) is 23.1. The van der Waals surface area contributed by atoms with Crippen molar-refractivity contribution in [3.05, 3.63) is 29.3 Å². The van der Waals surface area contributed by atoms with E-state index in [2.05, 4.69) is 27.8 Å². The summed E-state index contributed by atoms with van der Waals surface area (Å²) in [7, 11) is 0. The highest BCUT2D eigenvalue weighted by Crippen LogP contribution is 2.24. The lowest BCUT2D eigenvalue weighted by molar-refractivity contribution is -0.134. The molecule has 2 aliphatic heterocycles. The number of carbonyl (C=O) groups is 2. The minimum atomic E-state index is -0.833. The van der Waals surface area contributed by atoms with Crippen molar-refractivity contribution in [2.45, 2.75) is 39.2 Å². The van der Waals surface area contributed by atoms with Gasteiger partial charge in [0.25, 0.3) is 5.97 Å². The summed E-state index contributed by atoms with van der Waals surface area (Å²) in [5.41, 5.74) is 7.72. The summed E-state index contributed by atoms with van der Waals surface area (Å²) < 4.78 is 22.3. The van der Waals surface area contributed by atoms with Gasteiger partial charge in [-0.1, -0.05) is 6.07 Å². The molecule has 0 atom stereocenters. The van der Waals surface area contributed by atoms with Gasteiger partial charge in [-0.15, -0.1) is 0 Å². The van der Waals surface area contributed by atoms with Gasteiger partial charge in [0.15, 0.2) is 5.96 Å². The van der Waals surface area contributed by atoms with Crippen LogP contribution in [-0.2, 0) is 36.8 Å². The van der Waals surface area contributed by atoms with Gasteiger partial charge in [-0.2, -0.15) is 0 Å². The minimum absolute atomic E-state index is 0.158. The van der Waals surface area contributed by atoms with Gasteiger partial charge in [-0.3, -0.25) is 14.6 Å². The van der Waals surface area contributed by atoms with E-state index in [1.54, 1.807) is 0 Å². The van der Waals surface area contributed by atoms with Gasteiger partial charge in [-0.25, -0.2) is 0 Å². The van der Waals surface area contributed by atoms with Gasteiger partial charge < -0.3 is 45.3 Å². The van der Waals surface area contributed by atoms with E-state index in [-0.39, 0.29) is 5.91 Å². The van der Waals surface area contributed by atoms with Crippen LogP contribution in [-0.4, -0.2) is 107 Å². The van der Waals surface area contributed by atoms with Crippen LogP contribution in [0.4, 0.5) is 0 Å². The molecular formula is C27H45N5O7. The zero-order valence-electron chi connectivity index (χ0n) is 23.1. The summed E-state index contributed by atoms with van der Waals surface area (Å²) in [6, 6.07) is 6.16. The van der Waals surface area contributed by atoms with Crippen molar-refractivity contribution in [2.75, 3.05) is 79.0 Å². The molecule has 3 rings (SSSR count). The lowest BCUT2D eigenvalue weighted by Gasteiger charge is -2.21. The number of aliphatic carboxylic acids is 1. The first-order valence-corrected chi connectivity index (χ1v) is 13.7. The Kier molecular flexibility index (Phi) is 16.6. The number of nitrogens with two attached hydrogens (primary N) is 1. The third-order valence-corrected chi connectivity index (χ3v) is 5.79. The molecule has 12 nitrogen and oxygen atoms in total. The Morgan fingerprint density at radius 2 is 1.79 bits per heavy atom. The highest BCUT2D eigenvalue weighted by atomic mass is 16.5. The van der Waals surface area contributed by atoms with E-state index in [1.165, 1.54) is 5.56 Å². The molecule has 1 amide bonds. The van der Waals surface area contributed by atoms with E-state index < -0.39 is 5.97 Å². The fourth-order valence-corrected chi connectivity index (χ4v) is 3.90. The minimum Gasteiger partial charge on any atom is -0.494 e. The molecule has 0 radical (unpaired) electrons. The summed E-state index contributed by atoms with van der Waals surface area (Å²) in [6.07, 6.45) is 3.24. The number of benzene rings is 1. The molecular weight excluding hydrogens is 506 g/mol. The Hall–Kier alpha value is -2.93. The number of hydrogen-bond donors (Lipinski definition) is 4. The van der Waals surface area contributed by atoms with Crippen LogP contribution in [0.3, 0.4) is 0 Å². The van der Waals surface area contributed by atoms with E-state index in [1.807, 2.05) is 11.0 Å². The van der Waals surface area contributed by atoms with E-state index >= 15 is 0 Å². The fourth-order valence-electron chi connectivity index (χ4n) is 3.90. The molecule has 0 fully saturated rings. The van der Waals surface area contributed by atoms with Crippen molar-refractivity contribution in [3.63, 3.8) is 0 Å². The van der Waals surface area contributed by atoms with Gasteiger partial charge in [0.1, 0.15) is 5.75 Å². The van der Waals surface area contributed by atoms with E-state index in [4.69, 9.17) is 34.6 Å². The average molecular weight is 552 g/mol. The molecule has 12 heteroatoms. The van der Waals surface area contributed by atoms with Crippen LogP contribution >= 0.6 is 0 Å². The Morgan fingerprint density at radius 1 is 1.08 bits per heavy atom. The van der Waals surface area contributed by atoms with Crippen LogP contribution in [0.15, 0.2) is 23.2 Å². The van der Waals surface area contributed by atoms with Crippen molar-refractivity contribution in [2.24, 2.45) is 10.7 Å². The van der Waals surface area contributed by atoms with Gasteiger partial charge in [0, 0.05) is 52.6 Å². The van der Waals surface area contributed by atoms with Gasteiger partial charge in [0.2, 0.25) is 5.91 Å². The molecule has 1 aromatic rings. The molecule has 0 aliphatic carbocycles. The lowest BCUT2D eigenvalue weighted by atomic mass is 10.0. The maximum Gasteiger partial charge on any atom is 0.300 e. The fraction of sp³-hybridized carbons (Fsp3) is 0.667. The largest absolute Gasteiger partial charge is 0.494 e. The summed E-state index contributed by atoms with van der Waals surface area (Å²) in [5.74, 6) is 1.05. The van der Waals surface area contributed by atoms with Crippen molar-refractivity contribution in [1.82, 2.24) is 15.5 Å². The second-order valence-corrected chi connectivity index (χ2v) is 9.03. The van der Waals surface area contributed by atoms with Gasteiger partial charge >= 0.3 is 0 Å². The van der Waals surface area contributed by atoms with Crippen molar-refractivity contribution >= 4 is 17.8 Å². The number of rotatable bonds is 16. The molecule has 0 saturated heterocycles. The molecule has 2 aliphatic rings. The third kappa shape index (κ3) is 14.7. The second kappa shape index (κ2) is 20.0. The van der Waals surface area contributed by atoms with Crippen molar-refractivity contribution < 1.29 is 33.6 Å². The predicted molar refractivity (Wildman–Crippen MR) is 148 cm³/mol. The van der Waals surface area contributed by atoms with Crippen molar-refractivity contribution in [1.29, 1.82) is 0 Å². The van der Waals surface area contributed by atoms with Crippen molar-refractivity contribution in [3.8, 4) is 5.75 Å². The quantitative estimate of drug-likeness (QED) is 0.216. The summed E-state index contributed by atoms with van der Waals surface area (Å²) in [5, 5.41) is 14.0. The predicted octanol–water partition coefficient (Wildman–Crippen LogP) is 0.769. The standard InChI is InChI=1S/C25H41N5O5.C2H4O2/c26-7-13-32-15-17-34-18-16-33-14-11-30-20-22-19-23(5-3-21(22)4-6-24(30)31)35-12-2-10-29-25-27-8-1-9-28-25;1-2(3)4/h3,5,19H,1-2,4,6-18,20,26H2,(H2,27,28,29);1H3,(H,3,4). The number of nitrogens with zero attached hydrogens (tertiary/aromatic N) is 2. The number of aryl methyl sites for hydroxylation is 1. The normalized spacial score (nSPS) is 14.8. The van der Waals surface area contributed by atoms with Crippen LogP contribution in [0.5, 0.6) is 5.75 Å². The molecule has 0 unspecified atom stereocenters. The van der Waals surface area contributed by atoms with Crippen LogP contribution in [0, 0.1) is 0 Å². The second-order valence-electron chi connectivity index (χ2n) is 9.03. The topological polar surface area (TPSA) is 157 Å². The number of ether oxygens (including phenoxy) is 4. The third-order valence-electron chi connectivity index (χ3n) is 5.79. The van der Waals surface area contributed by atoms with E-state index in [0.29, 0.717) is 72.3 Å². The summed E-state index contributed by atoms with van der Waals surface area (Å²) >= 11 is 0. The molecule has 39 heavy (non-hydrogen) atoms. The molecule has 0 spiro atoms. The van der Waals surface area contributed by atoms with E-state index in [0.717, 1.165) is 63.1 Å².